The van der Waals surface area contributed by atoms with Gasteiger partial charge in [-0.05, 0) is 42.8 Å². The fraction of sp³-hybridized carbons (Fsp3) is 0.0833. The molecule has 0 aliphatic carbocycles. The van der Waals surface area contributed by atoms with Crippen molar-refractivity contribution in [3.8, 4) is 0 Å². The normalized spacial score (nSPS) is 16.6. The number of aromatic amines is 1. The lowest BCUT2D eigenvalue weighted by Gasteiger charge is -2.26. The zero-order valence-electron chi connectivity index (χ0n) is 16.1. The fourth-order valence-electron chi connectivity index (χ4n) is 4.04. The number of hydrogen-bond donors (Lipinski definition) is 2. The molecule has 0 spiro atoms. The number of hydrogen-bond acceptors (Lipinski definition) is 4. The van der Waals surface area contributed by atoms with Crippen molar-refractivity contribution in [3.63, 3.8) is 0 Å². The summed E-state index contributed by atoms with van der Waals surface area (Å²) >= 11 is 0. The number of benzene rings is 2. The van der Waals surface area contributed by atoms with E-state index < -0.39 is 23.5 Å². The van der Waals surface area contributed by atoms with Crippen molar-refractivity contribution >= 4 is 28.3 Å². The highest BCUT2D eigenvalue weighted by Crippen LogP contribution is 2.44. The van der Waals surface area contributed by atoms with Gasteiger partial charge in [-0.2, -0.15) is 0 Å². The van der Waals surface area contributed by atoms with Gasteiger partial charge in [-0.3, -0.25) is 14.5 Å². The highest BCUT2D eigenvalue weighted by atomic mass is 16.3. The summed E-state index contributed by atoms with van der Waals surface area (Å²) < 4.78 is 5.27. The number of anilines is 1. The van der Waals surface area contributed by atoms with Gasteiger partial charge in [-0.25, -0.2) is 0 Å². The monoisotopic (exact) mass is 398 g/mol. The summed E-state index contributed by atoms with van der Waals surface area (Å²) in [5, 5.41) is 11.7. The topological polar surface area (TPSA) is 86.5 Å². The Bertz CT molecular complexity index is 1310. The molecular formula is C24H18N2O4. The van der Waals surface area contributed by atoms with Crippen molar-refractivity contribution in [2.45, 2.75) is 13.0 Å². The van der Waals surface area contributed by atoms with Crippen LogP contribution in [0.3, 0.4) is 0 Å². The van der Waals surface area contributed by atoms with Gasteiger partial charge in [0, 0.05) is 28.4 Å². The molecule has 1 amide bonds. The maximum Gasteiger partial charge on any atom is 0.294 e. The van der Waals surface area contributed by atoms with E-state index in [1.54, 1.807) is 18.3 Å². The molecule has 6 heteroatoms. The van der Waals surface area contributed by atoms with Crippen LogP contribution >= 0.6 is 0 Å². The third-order valence-electron chi connectivity index (χ3n) is 5.39. The molecule has 4 aromatic rings. The summed E-state index contributed by atoms with van der Waals surface area (Å²) in [7, 11) is 0. The fourth-order valence-corrected chi connectivity index (χ4v) is 4.04. The zero-order valence-corrected chi connectivity index (χ0v) is 16.1. The van der Waals surface area contributed by atoms with E-state index in [4.69, 9.17) is 4.42 Å². The molecule has 2 N–H and O–H groups in total. The summed E-state index contributed by atoms with van der Waals surface area (Å²) in [5.41, 5.74) is 3.16. The van der Waals surface area contributed by atoms with Crippen LogP contribution in [0.5, 0.6) is 0 Å². The first kappa shape index (κ1) is 18.0. The second kappa shape index (κ2) is 6.77. The average Bonchev–Trinajstić information content (AvgIpc) is 3.47. The first-order chi connectivity index (χ1) is 14.6. The van der Waals surface area contributed by atoms with Crippen LogP contribution in [0.25, 0.3) is 10.9 Å². The van der Waals surface area contributed by atoms with Gasteiger partial charge in [0.15, 0.2) is 11.5 Å². The van der Waals surface area contributed by atoms with E-state index >= 15 is 0 Å². The summed E-state index contributed by atoms with van der Waals surface area (Å²) in [4.78, 5) is 31.1. The lowest BCUT2D eigenvalue weighted by molar-refractivity contribution is -0.117. The number of H-pyrrole nitrogens is 1. The largest absolute Gasteiger partial charge is 0.503 e. The van der Waals surface area contributed by atoms with E-state index in [-0.39, 0.29) is 11.3 Å². The standard InChI is InChI=1S/C24H18N2O4/c1-14-6-4-7-15(12-14)26-21(17-13-25-18-9-3-2-8-16(17)18)20(23(28)24(26)29)22(27)19-10-5-11-30-19/h2-13,21,25,28H,1H3. The molecule has 0 saturated carbocycles. The molecule has 5 rings (SSSR count). The van der Waals surface area contributed by atoms with Crippen LogP contribution in [0.1, 0.15) is 27.7 Å². The Balaban J connectivity index is 1.74. The number of carbonyl (C=O) groups is 2. The first-order valence-corrected chi connectivity index (χ1v) is 9.54. The molecule has 0 radical (unpaired) electrons. The van der Waals surface area contributed by atoms with E-state index in [2.05, 4.69) is 4.98 Å². The summed E-state index contributed by atoms with van der Waals surface area (Å²) in [6, 6.07) is 17.4. The first-order valence-electron chi connectivity index (χ1n) is 9.54. The van der Waals surface area contributed by atoms with Crippen molar-refractivity contribution in [2.75, 3.05) is 4.90 Å². The van der Waals surface area contributed by atoms with Crippen molar-refractivity contribution in [2.24, 2.45) is 0 Å². The number of rotatable bonds is 4. The van der Waals surface area contributed by atoms with Crippen LogP contribution in [-0.2, 0) is 4.79 Å². The maximum absolute atomic E-state index is 13.2. The highest BCUT2D eigenvalue weighted by molar-refractivity contribution is 6.20. The molecule has 2 aromatic carbocycles. The van der Waals surface area contributed by atoms with Crippen molar-refractivity contribution in [1.29, 1.82) is 0 Å². The zero-order chi connectivity index (χ0) is 20.8. The van der Waals surface area contributed by atoms with Gasteiger partial charge in [0.05, 0.1) is 17.9 Å². The Labute approximate surface area is 172 Å². The number of fused-ring (bicyclic) bond motifs is 1. The van der Waals surface area contributed by atoms with Crippen molar-refractivity contribution in [3.05, 3.63) is 101 Å². The molecule has 1 atom stereocenters. The number of aromatic nitrogens is 1. The number of amides is 1. The Morgan fingerprint density at radius 2 is 1.93 bits per heavy atom. The Morgan fingerprint density at radius 3 is 2.70 bits per heavy atom. The SMILES string of the molecule is Cc1cccc(N2C(=O)C(O)=C(C(=O)c3ccco3)C2c2c[nH]c3ccccc23)c1. The smallest absolute Gasteiger partial charge is 0.294 e. The molecule has 6 nitrogen and oxygen atoms in total. The van der Waals surface area contributed by atoms with Gasteiger partial charge < -0.3 is 14.5 Å². The summed E-state index contributed by atoms with van der Waals surface area (Å²) in [6.07, 6.45) is 3.17. The lowest BCUT2D eigenvalue weighted by atomic mass is 9.94. The van der Waals surface area contributed by atoms with Crippen LogP contribution in [0.4, 0.5) is 5.69 Å². The van der Waals surface area contributed by atoms with Crippen molar-refractivity contribution < 1.29 is 19.1 Å². The Hall–Kier alpha value is -4.06. The quantitative estimate of drug-likeness (QED) is 0.481. The predicted molar refractivity (Wildman–Crippen MR) is 112 cm³/mol. The molecule has 0 saturated heterocycles. The lowest BCUT2D eigenvalue weighted by Crippen LogP contribution is -2.31. The number of aryl methyl sites for hydroxylation is 1. The highest BCUT2D eigenvalue weighted by Gasteiger charge is 2.46. The van der Waals surface area contributed by atoms with Crippen LogP contribution in [0.15, 0.2) is 88.9 Å². The Morgan fingerprint density at radius 1 is 1.10 bits per heavy atom. The van der Waals surface area contributed by atoms with Gasteiger partial charge in [0.1, 0.15) is 0 Å². The number of aliphatic hydroxyl groups excluding tert-OH is 1. The number of nitrogens with one attached hydrogen (secondary N) is 1. The number of para-hydroxylation sites is 1. The summed E-state index contributed by atoms with van der Waals surface area (Å²) in [6.45, 7) is 1.92. The second-order valence-corrected chi connectivity index (χ2v) is 7.28. The van der Waals surface area contributed by atoms with Gasteiger partial charge >= 0.3 is 0 Å². The third-order valence-corrected chi connectivity index (χ3v) is 5.39. The average molecular weight is 398 g/mol. The predicted octanol–water partition coefficient (Wildman–Crippen LogP) is 4.85. The number of carbonyl (C=O) groups excluding carboxylic acids is 2. The number of Topliss-reactive ketones (excluding diaryl/α,β-unsaturated/α-hetero) is 1. The minimum atomic E-state index is -0.798. The number of ketones is 1. The Kier molecular flexibility index (Phi) is 4.06. The van der Waals surface area contributed by atoms with Crippen molar-refractivity contribution in [1.82, 2.24) is 4.98 Å². The molecule has 1 aliphatic heterocycles. The van der Waals surface area contributed by atoms with Gasteiger partial charge in [-0.1, -0.05) is 30.3 Å². The minimum Gasteiger partial charge on any atom is -0.503 e. The van der Waals surface area contributed by atoms with Crippen LogP contribution < -0.4 is 4.90 Å². The molecule has 0 fully saturated rings. The second-order valence-electron chi connectivity index (χ2n) is 7.28. The molecule has 3 heterocycles. The number of nitrogens with zero attached hydrogens (tertiary/aromatic N) is 1. The number of aliphatic hydroxyl groups is 1. The van der Waals surface area contributed by atoms with E-state index in [0.29, 0.717) is 5.69 Å². The van der Waals surface area contributed by atoms with E-state index in [1.807, 2.05) is 49.4 Å². The van der Waals surface area contributed by atoms with Gasteiger partial charge in [0.2, 0.25) is 5.78 Å². The minimum absolute atomic E-state index is 0.00112. The van der Waals surface area contributed by atoms with E-state index in [0.717, 1.165) is 22.0 Å². The van der Waals surface area contributed by atoms with Crippen LogP contribution in [0, 0.1) is 6.92 Å². The molecule has 2 aromatic heterocycles. The molecule has 1 unspecified atom stereocenters. The molecule has 1 aliphatic rings. The van der Waals surface area contributed by atoms with Gasteiger partial charge in [0.25, 0.3) is 5.91 Å². The molecule has 0 bridgehead atoms. The van der Waals surface area contributed by atoms with E-state index in [1.165, 1.54) is 17.2 Å². The number of furan rings is 1. The van der Waals surface area contributed by atoms with Crippen LogP contribution in [0.2, 0.25) is 0 Å². The van der Waals surface area contributed by atoms with Gasteiger partial charge in [-0.15, -0.1) is 0 Å². The van der Waals surface area contributed by atoms with Crippen LogP contribution in [-0.4, -0.2) is 21.8 Å². The van der Waals surface area contributed by atoms with E-state index in [9.17, 15) is 14.7 Å². The third kappa shape index (κ3) is 2.65. The maximum atomic E-state index is 13.2. The molecular weight excluding hydrogens is 380 g/mol. The molecule has 30 heavy (non-hydrogen) atoms. The summed E-state index contributed by atoms with van der Waals surface area (Å²) in [5.74, 6) is -1.63. The molecule has 148 valence electrons.